The standard InChI is InChI=1S/C15H23F2NO8P2S/c1-8-12(16)14(10(3)23-8)26-28(29,21-6-5-18-4)22-7-11-15(25-27(19)20)13(17)9(2)24-11/h8-15H,5-7H2,1-3H3/p+1/t8-,9-,10+,11+,12-,13-,14+,15+,28?/m0/s1/i3D. The number of halogens is 2. The molecular formula is C15H24F2NO8P2S+. The van der Waals surface area contributed by atoms with E-state index in [1.54, 1.807) is 0 Å². The molecule has 0 aromatic carbocycles. The Balaban J connectivity index is 2.11. The van der Waals surface area contributed by atoms with Gasteiger partial charge in [-0.25, -0.2) is 15.4 Å². The lowest BCUT2D eigenvalue weighted by Gasteiger charge is -2.27. The van der Waals surface area contributed by atoms with Gasteiger partial charge in [0.25, 0.3) is 0 Å². The van der Waals surface area contributed by atoms with Gasteiger partial charge in [0.1, 0.15) is 18.8 Å². The smallest absolute Gasteiger partial charge is 0.370 e. The van der Waals surface area contributed by atoms with E-state index >= 15 is 0 Å². The molecule has 2 fully saturated rings. The minimum absolute atomic E-state index is 0.0517. The molecule has 0 spiro atoms. The number of ether oxygens (including phenoxy) is 2. The van der Waals surface area contributed by atoms with Gasteiger partial charge in [0.2, 0.25) is 6.54 Å². The Kier molecular flexibility index (Phi) is 8.84. The van der Waals surface area contributed by atoms with Crippen LogP contribution in [-0.4, -0.2) is 73.6 Å². The number of alkyl halides is 2. The van der Waals surface area contributed by atoms with Crippen LogP contribution < -0.4 is 0 Å². The second-order valence-corrected chi connectivity index (χ2v) is 10.1. The first-order valence-electron chi connectivity index (χ1n) is 9.44. The summed E-state index contributed by atoms with van der Waals surface area (Å²) in [4.78, 5) is 12.1. The van der Waals surface area contributed by atoms with Gasteiger partial charge in [0.05, 0.1) is 24.9 Å². The van der Waals surface area contributed by atoms with Gasteiger partial charge < -0.3 is 23.4 Å². The van der Waals surface area contributed by atoms with E-state index in [0.29, 0.717) is 0 Å². The summed E-state index contributed by atoms with van der Waals surface area (Å²) in [5.74, 6) is 0. The van der Waals surface area contributed by atoms with Crippen LogP contribution >= 0.6 is 15.0 Å². The number of hydrogen-bond donors (Lipinski definition) is 1. The summed E-state index contributed by atoms with van der Waals surface area (Å²) in [7, 11) is -3.09. The molecule has 0 aromatic heterocycles. The van der Waals surface area contributed by atoms with Gasteiger partial charge >= 0.3 is 15.0 Å². The summed E-state index contributed by atoms with van der Waals surface area (Å²) in [6, 6.07) is 0. The highest BCUT2D eigenvalue weighted by atomic mass is 32.5. The third-order valence-corrected chi connectivity index (χ3v) is 7.13. The Hall–Kier alpha value is -0.180. The van der Waals surface area contributed by atoms with Crippen molar-refractivity contribution in [2.75, 3.05) is 19.8 Å². The molecule has 2 aliphatic rings. The monoisotopic (exact) mass is 479 g/mol. The van der Waals surface area contributed by atoms with Crippen molar-refractivity contribution in [3.8, 4) is 0 Å². The van der Waals surface area contributed by atoms with Crippen LogP contribution in [0.2, 0.25) is 0 Å². The lowest BCUT2D eigenvalue weighted by molar-refractivity contribution is -0.0181. The molecule has 29 heavy (non-hydrogen) atoms. The number of nitrogens with zero attached hydrogens (tertiary/aromatic N) is 1. The molecule has 166 valence electrons. The molecule has 2 aliphatic heterocycles. The van der Waals surface area contributed by atoms with Gasteiger partial charge in [-0.3, -0.25) is 4.52 Å². The maximum atomic E-state index is 14.5. The highest BCUT2D eigenvalue weighted by Gasteiger charge is 2.50. The summed E-state index contributed by atoms with van der Waals surface area (Å²) in [5, 5.41) is 0. The van der Waals surface area contributed by atoms with E-state index in [1.165, 1.54) is 13.8 Å². The van der Waals surface area contributed by atoms with E-state index in [0.717, 1.165) is 0 Å². The molecule has 0 saturated carbocycles. The third-order valence-electron chi connectivity index (χ3n) is 4.35. The van der Waals surface area contributed by atoms with Crippen molar-refractivity contribution in [3.63, 3.8) is 0 Å². The molecule has 2 unspecified atom stereocenters. The molecule has 0 bridgehead atoms. The fourth-order valence-electron chi connectivity index (χ4n) is 2.90. The van der Waals surface area contributed by atoms with E-state index in [4.69, 9.17) is 52.2 Å². The van der Waals surface area contributed by atoms with E-state index < -0.39 is 70.5 Å². The predicted molar refractivity (Wildman–Crippen MR) is 101 cm³/mol. The average Bonchev–Trinajstić information content (AvgIpc) is 3.11. The Morgan fingerprint density at radius 3 is 2.52 bits per heavy atom. The molecule has 2 rings (SSSR count). The Morgan fingerprint density at radius 1 is 1.24 bits per heavy atom. The topological polar surface area (TPSA) is 97.0 Å². The predicted octanol–water partition coefficient (Wildman–Crippen LogP) is 2.85. The van der Waals surface area contributed by atoms with E-state index in [2.05, 4.69) is 4.85 Å². The molecule has 10 atom stereocenters. The summed E-state index contributed by atoms with van der Waals surface area (Å²) in [6.07, 6.45) is -9.59. The molecule has 1 N–H and O–H groups in total. The van der Waals surface area contributed by atoms with Crippen molar-refractivity contribution < 1.29 is 47.2 Å². The fraction of sp³-hybridized carbons (Fsp3) is 0.933. The van der Waals surface area contributed by atoms with Gasteiger partial charge in [-0.15, -0.1) is 9.42 Å². The lowest BCUT2D eigenvalue weighted by Crippen LogP contribution is -2.34. The molecule has 9 nitrogen and oxygen atoms in total. The van der Waals surface area contributed by atoms with Gasteiger partial charge in [0.15, 0.2) is 18.4 Å². The van der Waals surface area contributed by atoms with Crippen molar-refractivity contribution in [1.82, 2.24) is 0 Å². The highest BCUT2D eigenvalue weighted by molar-refractivity contribution is 8.07. The molecule has 0 amide bonds. The molecule has 2 saturated heterocycles. The normalized spacial score (nSPS) is 40.3. The van der Waals surface area contributed by atoms with Crippen LogP contribution in [0.1, 0.15) is 22.1 Å². The third kappa shape index (κ3) is 6.65. The van der Waals surface area contributed by atoms with Crippen molar-refractivity contribution in [2.45, 2.75) is 69.7 Å². The van der Waals surface area contributed by atoms with Crippen molar-refractivity contribution in [2.24, 2.45) is 0 Å². The van der Waals surface area contributed by atoms with Gasteiger partial charge in [-0.1, -0.05) is 0 Å². The van der Waals surface area contributed by atoms with Gasteiger partial charge in [-0.2, -0.15) is 0 Å². The first kappa shape index (κ1) is 23.5. The van der Waals surface area contributed by atoms with Crippen molar-refractivity contribution in [3.05, 3.63) is 11.4 Å². The fourth-order valence-corrected chi connectivity index (χ4v) is 5.45. The average molecular weight is 479 g/mol. The van der Waals surface area contributed by atoms with Crippen molar-refractivity contribution in [1.29, 1.82) is 0 Å². The Labute approximate surface area is 175 Å². The number of rotatable bonds is 10. The summed E-state index contributed by atoms with van der Waals surface area (Å²) in [5.41, 5.74) is 0. The minimum Gasteiger partial charge on any atom is -0.370 e. The second kappa shape index (κ2) is 10.9. The zero-order chi connectivity index (χ0) is 22.5. The first-order valence-corrected chi connectivity index (χ1v) is 12.4. The van der Waals surface area contributed by atoms with Crippen molar-refractivity contribution >= 4 is 26.8 Å². The zero-order valence-electron chi connectivity index (χ0n) is 16.8. The summed E-state index contributed by atoms with van der Waals surface area (Å²) in [6.45, 7) is 5.18. The highest BCUT2D eigenvalue weighted by Crippen LogP contribution is 2.53. The van der Waals surface area contributed by atoms with Crippen LogP contribution in [0.4, 0.5) is 8.78 Å². The quantitative estimate of drug-likeness (QED) is 0.288. The van der Waals surface area contributed by atoms with Crippen LogP contribution in [0.5, 0.6) is 0 Å². The van der Waals surface area contributed by atoms with Gasteiger partial charge in [-0.05, 0) is 32.6 Å². The molecule has 0 aliphatic carbocycles. The minimum atomic E-state index is -3.67. The zero-order valence-corrected chi connectivity index (χ0v) is 18.4. The van der Waals surface area contributed by atoms with E-state index in [-0.39, 0.29) is 20.1 Å². The SMILES string of the molecule is [2H]C[C@H]1O[C@@H](C)[C@H](F)[C@@H]1OP(=S)(OCC[N+]#[C-])OC[C@H]1O[C@@H](C)[C@H](F)[C@@H]1O[P+](=O)O. The van der Waals surface area contributed by atoms with Crippen LogP contribution in [0.15, 0.2) is 0 Å². The van der Waals surface area contributed by atoms with E-state index in [9.17, 15) is 13.3 Å². The second-order valence-electron chi connectivity index (χ2n) is 6.48. The molecular weight excluding hydrogens is 454 g/mol. The summed E-state index contributed by atoms with van der Waals surface area (Å²) >= 11 is 5.33. The van der Waals surface area contributed by atoms with Crippen LogP contribution in [0, 0.1) is 6.57 Å². The maximum absolute atomic E-state index is 14.5. The largest absolute Gasteiger partial charge is 0.695 e. The Bertz CT molecular complexity index is 692. The molecule has 0 radical (unpaired) electrons. The van der Waals surface area contributed by atoms with Crippen LogP contribution in [0.3, 0.4) is 0 Å². The number of hydrogen-bond acceptors (Lipinski definition) is 8. The summed E-state index contributed by atoms with van der Waals surface area (Å²) < 4.78 is 79.3. The molecule has 14 heteroatoms. The van der Waals surface area contributed by atoms with Gasteiger partial charge in [0, 0.05) is 5.94 Å². The maximum Gasteiger partial charge on any atom is 0.695 e. The van der Waals surface area contributed by atoms with Crippen LogP contribution in [-0.2, 0) is 43.9 Å². The molecule has 0 aromatic rings. The van der Waals surface area contributed by atoms with E-state index in [1.807, 2.05) is 0 Å². The Morgan fingerprint density at radius 2 is 1.90 bits per heavy atom. The first-order chi connectivity index (χ1) is 14.1. The lowest BCUT2D eigenvalue weighted by atomic mass is 10.1. The molecule has 2 heterocycles. The van der Waals surface area contributed by atoms with Crippen LogP contribution in [0.25, 0.3) is 4.85 Å².